The van der Waals surface area contributed by atoms with Gasteiger partial charge in [-0.25, -0.2) is 0 Å². The molecule has 0 aromatic rings. The SMILES string of the molecule is CCNC(CCC(=O)NC)C(=O)O. The molecule has 0 saturated heterocycles. The first-order chi connectivity index (χ1) is 6.11. The van der Waals surface area contributed by atoms with Gasteiger partial charge in [0.15, 0.2) is 0 Å². The van der Waals surface area contributed by atoms with Crippen LogP contribution in [0.5, 0.6) is 0 Å². The molecule has 76 valence electrons. The summed E-state index contributed by atoms with van der Waals surface area (Å²) in [6.45, 7) is 2.42. The maximum absolute atomic E-state index is 10.8. The number of nitrogens with one attached hydrogen (secondary N) is 2. The fraction of sp³-hybridized carbons (Fsp3) is 0.750. The van der Waals surface area contributed by atoms with Crippen LogP contribution in [0.1, 0.15) is 19.8 Å². The zero-order valence-electron chi connectivity index (χ0n) is 7.96. The van der Waals surface area contributed by atoms with Crippen LogP contribution in [0.25, 0.3) is 0 Å². The molecule has 0 saturated carbocycles. The predicted molar refractivity (Wildman–Crippen MR) is 48.4 cm³/mol. The number of aliphatic carboxylic acids is 1. The summed E-state index contributed by atoms with van der Waals surface area (Å²) in [5.74, 6) is -1.05. The van der Waals surface area contributed by atoms with Crippen LogP contribution in [0.4, 0.5) is 0 Å². The number of carbonyl (C=O) groups excluding carboxylic acids is 1. The molecule has 0 aromatic carbocycles. The van der Waals surface area contributed by atoms with Gasteiger partial charge in [0.1, 0.15) is 6.04 Å². The first kappa shape index (κ1) is 11.9. The van der Waals surface area contributed by atoms with E-state index in [4.69, 9.17) is 5.11 Å². The molecule has 0 radical (unpaired) electrons. The number of likely N-dealkylation sites (N-methyl/N-ethyl adjacent to an activating group) is 1. The molecule has 3 N–H and O–H groups in total. The lowest BCUT2D eigenvalue weighted by Crippen LogP contribution is -2.37. The van der Waals surface area contributed by atoms with E-state index >= 15 is 0 Å². The lowest BCUT2D eigenvalue weighted by atomic mass is 10.1. The molecule has 0 spiro atoms. The Balaban J connectivity index is 3.82. The Morgan fingerprint density at radius 1 is 1.46 bits per heavy atom. The molecule has 1 atom stereocenters. The lowest BCUT2D eigenvalue weighted by molar-refractivity contribution is -0.139. The van der Waals surface area contributed by atoms with E-state index < -0.39 is 12.0 Å². The highest BCUT2D eigenvalue weighted by Gasteiger charge is 2.16. The number of carboxylic acid groups (broad SMARTS) is 1. The Bertz CT molecular complexity index is 182. The number of amides is 1. The molecule has 1 unspecified atom stereocenters. The van der Waals surface area contributed by atoms with Crippen molar-refractivity contribution in [2.45, 2.75) is 25.8 Å². The minimum absolute atomic E-state index is 0.135. The Labute approximate surface area is 77.5 Å². The summed E-state index contributed by atoms with van der Waals surface area (Å²) in [5, 5.41) is 13.9. The number of rotatable bonds is 6. The van der Waals surface area contributed by atoms with E-state index in [0.29, 0.717) is 13.0 Å². The first-order valence-corrected chi connectivity index (χ1v) is 4.28. The molecular weight excluding hydrogens is 172 g/mol. The molecule has 0 aliphatic rings. The largest absolute Gasteiger partial charge is 0.480 e. The van der Waals surface area contributed by atoms with Crippen molar-refractivity contribution in [3.63, 3.8) is 0 Å². The molecule has 0 fully saturated rings. The smallest absolute Gasteiger partial charge is 0.320 e. The third-order valence-electron chi connectivity index (χ3n) is 1.69. The number of carbonyl (C=O) groups is 2. The lowest BCUT2D eigenvalue weighted by Gasteiger charge is -2.11. The molecule has 1 amide bonds. The average Bonchev–Trinajstić information content (AvgIpc) is 2.11. The fourth-order valence-corrected chi connectivity index (χ4v) is 0.960. The molecule has 5 heteroatoms. The van der Waals surface area contributed by atoms with Crippen molar-refractivity contribution in [2.75, 3.05) is 13.6 Å². The van der Waals surface area contributed by atoms with Crippen molar-refractivity contribution in [3.05, 3.63) is 0 Å². The third kappa shape index (κ3) is 5.19. The van der Waals surface area contributed by atoms with Crippen LogP contribution in [-0.2, 0) is 9.59 Å². The van der Waals surface area contributed by atoms with E-state index in [0.717, 1.165) is 0 Å². The molecule has 5 nitrogen and oxygen atoms in total. The van der Waals surface area contributed by atoms with Crippen LogP contribution in [-0.4, -0.2) is 36.6 Å². The summed E-state index contributed by atoms with van der Waals surface area (Å²) in [6.07, 6.45) is 0.559. The van der Waals surface area contributed by atoms with Gasteiger partial charge in [0.2, 0.25) is 5.91 Å². The van der Waals surface area contributed by atoms with Crippen molar-refractivity contribution in [3.8, 4) is 0 Å². The monoisotopic (exact) mass is 188 g/mol. The highest BCUT2D eigenvalue weighted by Crippen LogP contribution is 1.97. The molecule has 0 aromatic heterocycles. The van der Waals surface area contributed by atoms with Crippen LogP contribution < -0.4 is 10.6 Å². The second kappa shape index (κ2) is 6.42. The molecule has 0 aliphatic carbocycles. The maximum atomic E-state index is 10.8. The fourth-order valence-electron chi connectivity index (χ4n) is 0.960. The zero-order chi connectivity index (χ0) is 10.3. The van der Waals surface area contributed by atoms with Crippen molar-refractivity contribution in [2.24, 2.45) is 0 Å². The van der Waals surface area contributed by atoms with E-state index in [-0.39, 0.29) is 12.3 Å². The van der Waals surface area contributed by atoms with E-state index in [1.54, 1.807) is 0 Å². The van der Waals surface area contributed by atoms with Crippen LogP contribution in [0.15, 0.2) is 0 Å². The quantitative estimate of drug-likeness (QED) is 0.529. The highest BCUT2D eigenvalue weighted by molar-refractivity contribution is 5.78. The zero-order valence-corrected chi connectivity index (χ0v) is 7.96. The van der Waals surface area contributed by atoms with Gasteiger partial charge >= 0.3 is 5.97 Å². The summed E-state index contributed by atoms with van der Waals surface area (Å²) in [6, 6.07) is -0.623. The predicted octanol–water partition coefficient (Wildman–Crippen LogP) is -0.425. The Morgan fingerprint density at radius 2 is 2.08 bits per heavy atom. The summed E-state index contributed by atoms with van der Waals surface area (Å²) in [5.41, 5.74) is 0. The van der Waals surface area contributed by atoms with Gasteiger partial charge in [-0.2, -0.15) is 0 Å². The highest BCUT2D eigenvalue weighted by atomic mass is 16.4. The van der Waals surface area contributed by atoms with Gasteiger partial charge in [0, 0.05) is 13.5 Å². The number of hydrogen-bond acceptors (Lipinski definition) is 3. The van der Waals surface area contributed by atoms with Gasteiger partial charge in [-0.1, -0.05) is 6.92 Å². The van der Waals surface area contributed by atoms with Crippen molar-refractivity contribution < 1.29 is 14.7 Å². The minimum Gasteiger partial charge on any atom is -0.480 e. The van der Waals surface area contributed by atoms with Gasteiger partial charge in [0.05, 0.1) is 0 Å². The van der Waals surface area contributed by atoms with Crippen molar-refractivity contribution in [1.82, 2.24) is 10.6 Å². The third-order valence-corrected chi connectivity index (χ3v) is 1.69. The standard InChI is InChI=1S/C8H16N2O3/c1-3-10-6(8(12)13)4-5-7(11)9-2/h6,10H,3-5H2,1-2H3,(H,9,11)(H,12,13). The van der Waals surface area contributed by atoms with Crippen molar-refractivity contribution in [1.29, 1.82) is 0 Å². The molecule has 13 heavy (non-hydrogen) atoms. The maximum Gasteiger partial charge on any atom is 0.320 e. The second-order valence-electron chi connectivity index (χ2n) is 2.66. The van der Waals surface area contributed by atoms with Crippen molar-refractivity contribution >= 4 is 11.9 Å². The first-order valence-electron chi connectivity index (χ1n) is 4.28. The summed E-state index contributed by atoms with van der Waals surface area (Å²) in [7, 11) is 1.53. The Kier molecular flexibility index (Phi) is 5.88. The Hall–Kier alpha value is -1.10. The topological polar surface area (TPSA) is 78.4 Å². The van der Waals surface area contributed by atoms with Crippen LogP contribution in [0.2, 0.25) is 0 Å². The van der Waals surface area contributed by atoms with E-state index in [2.05, 4.69) is 10.6 Å². The van der Waals surface area contributed by atoms with E-state index in [1.165, 1.54) is 7.05 Å². The molecule has 0 bridgehead atoms. The molecular formula is C8H16N2O3. The minimum atomic E-state index is -0.911. The molecule has 0 heterocycles. The Morgan fingerprint density at radius 3 is 2.46 bits per heavy atom. The van der Waals surface area contributed by atoms with Gasteiger partial charge in [-0.05, 0) is 13.0 Å². The number of hydrogen-bond donors (Lipinski definition) is 3. The van der Waals surface area contributed by atoms with Gasteiger partial charge in [0.25, 0.3) is 0 Å². The second-order valence-corrected chi connectivity index (χ2v) is 2.66. The van der Waals surface area contributed by atoms with Crippen LogP contribution in [0, 0.1) is 0 Å². The summed E-state index contributed by atoms with van der Waals surface area (Å²) < 4.78 is 0. The van der Waals surface area contributed by atoms with Gasteiger partial charge < -0.3 is 15.7 Å². The molecule has 0 rings (SSSR count). The normalized spacial score (nSPS) is 12.2. The van der Waals surface area contributed by atoms with Crippen LogP contribution in [0.3, 0.4) is 0 Å². The number of carboxylic acids is 1. The average molecular weight is 188 g/mol. The van der Waals surface area contributed by atoms with Crippen LogP contribution >= 0.6 is 0 Å². The summed E-state index contributed by atoms with van der Waals surface area (Å²) in [4.78, 5) is 21.4. The van der Waals surface area contributed by atoms with E-state index in [1.807, 2.05) is 6.92 Å². The van der Waals surface area contributed by atoms with Gasteiger partial charge in [-0.3, -0.25) is 9.59 Å². The summed E-state index contributed by atoms with van der Waals surface area (Å²) >= 11 is 0. The van der Waals surface area contributed by atoms with Gasteiger partial charge in [-0.15, -0.1) is 0 Å². The van der Waals surface area contributed by atoms with E-state index in [9.17, 15) is 9.59 Å². The molecule has 0 aliphatic heterocycles.